The van der Waals surface area contributed by atoms with Gasteiger partial charge >= 0.3 is 0 Å². The van der Waals surface area contributed by atoms with Gasteiger partial charge in [0.25, 0.3) is 5.69 Å². The third-order valence-electron chi connectivity index (χ3n) is 7.31. The second-order valence-corrected chi connectivity index (χ2v) is 9.45. The quantitative estimate of drug-likeness (QED) is 0.387. The van der Waals surface area contributed by atoms with Crippen molar-refractivity contribution in [2.24, 2.45) is 5.92 Å². The van der Waals surface area contributed by atoms with Crippen LogP contribution in [-0.2, 0) is 17.6 Å². The number of piperazine rings is 1. The molecule has 2 heterocycles. The molecule has 37 heavy (non-hydrogen) atoms. The molecule has 0 aromatic heterocycles. The minimum atomic E-state index is -0.400. The lowest BCUT2D eigenvalue weighted by Crippen LogP contribution is -2.61. The van der Waals surface area contributed by atoms with Gasteiger partial charge in [-0.3, -0.25) is 14.9 Å². The summed E-state index contributed by atoms with van der Waals surface area (Å²) in [5.41, 5.74) is 3.79. The first kappa shape index (κ1) is 24.5. The third kappa shape index (κ3) is 5.21. The SMILES string of the molecule is COc1ccc(CCNC(=O)[C@@H]2Cc3cc([N+](=O)[O-])ccc3N3CCN(c4ccc(F)cc4)C[C@@H]23)cc1. The normalized spacial score (nSPS) is 18.5. The van der Waals surface area contributed by atoms with Gasteiger partial charge in [-0.15, -0.1) is 0 Å². The number of halogens is 1. The fourth-order valence-corrected chi connectivity index (χ4v) is 5.36. The van der Waals surface area contributed by atoms with Crippen LogP contribution < -0.4 is 19.9 Å². The molecule has 2 aliphatic heterocycles. The van der Waals surface area contributed by atoms with E-state index in [2.05, 4.69) is 15.1 Å². The first-order valence-electron chi connectivity index (χ1n) is 12.4. The first-order valence-corrected chi connectivity index (χ1v) is 12.4. The third-order valence-corrected chi connectivity index (χ3v) is 7.31. The number of nitro groups is 1. The van der Waals surface area contributed by atoms with E-state index in [0.717, 1.165) is 28.3 Å². The number of rotatable bonds is 7. The van der Waals surface area contributed by atoms with Crippen molar-refractivity contribution < 1.29 is 18.8 Å². The number of carbonyl (C=O) groups excluding carboxylic acids is 1. The van der Waals surface area contributed by atoms with E-state index in [-0.39, 0.29) is 29.4 Å². The topological polar surface area (TPSA) is 87.9 Å². The Morgan fingerprint density at radius 2 is 1.86 bits per heavy atom. The summed E-state index contributed by atoms with van der Waals surface area (Å²) in [7, 11) is 1.62. The van der Waals surface area contributed by atoms with E-state index >= 15 is 0 Å². The van der Waals surface area contributed by atoms with Gasteiger partial charge in [0.05, 0.1) is 24.0 Å². The molecule has 8 nitrogen and oxygen atoms in total. The van der Waals surface area contributed by atoms with Crippen molar-refractivity contribution in [2.75, 3.05) is 43.1 Å². The lowest BCUT2D eigenvalue weighted by molar-refractivity contribution is -0.384. The van der Waals surface area contributed by atoms with E-state index < -0.39 is 4.92 Å². The summed E-state index contributed by atoms with van der Waals surface area (Å²) in [6.07, 6.45) is 1.10. The van der Waals surface area contributed by atoms with Crippen LogP contribution in [0.15, 0.2) is 66.7 Å². The number of non-ortho nitro benzene ring substituents is 1. The summed E-state index contributed by atoms with van der Waals surface area (Å²) >= 11 is 0. The molecule has 192 valence electrons. The monoisotopic (exact) mass is 504 g/mol. The van der Waals surface area contributed by atoms with Gasteiger partial charge in [-0.05, 0) is 66.4 Å². The maximum Gasteiger partial charge on any atom is 0.269 e. The number of benzene rings is 3. The van der Waals surface area contributed by atoms with Crippen molar-refractivity contribution in [1.29, 1.82) is 0 Å². The van der Waals surface area contributed by atoms with Crippen LogP contribution in [0.5, 0.6) is 5.75 Å². The van der Waals surface area contributed by atoms with Gasteiger partial charge in [-0.25, -0.2) is 4.39 Å². The highest BCUT2D eigenvalue weighted by Crippen LogP contribution is 2.38. The molecule has 0 unspecified atom stereocenters. The molecule has 2 aliphatic rings. The summed E-state index contributed by atoms with van der Waals surface area (Å²) in [6.45, 7) is 2.43. The molecule has 0 saturated carbocycles. The fraction of sp³-hybridized carbons (Fsp3) is 0.321. The van der Waals surface area contributed by atoms with Gasteiger partial charge in [-0.2, -0.15) is 0 Å². The predicted molar refractivity (Wildman–Crippen MR) is 140 cm³/mol. The zero-order valence-electron chi connectivity index (χ0n) is 20.6. The van der Waals surface area contributed by atoms with E-state index in [9.17, 15) is 19.3 Å². The van der Waals surface area contributed by atoms with Crippen LogP contribution in [0.1, 0.15) is 11.1 Å². The number of hydrogen-bond donors (Lipinski definition) is 1. The molecule has 0 bridgehead atoms. The van der Waals surface area contributed by atoms with Crippen molar-refractivity contribution in [3.8, 4) is 5.75 Å². The highest BCUT2D eigenvalue weighted by molar-refractivity contribution is 5.82. The minimum Gasteiger partial charge on any atom is -0.497 e. The number of amides is 1. The standard InChI is InChI=1S/C28H29FN4O4/c1-37-24-9-2-19(3-10-24)12-13-30-28(34)25-17-20-16-23(33(35)36)8-11-26(20)32-15-14-31(18-27(25)32)22-6-4-21(29)5-7-22/h2-11,16,25,27H,12-15,17-18H2,1H3,(H,30,34)/t25-,27+/m1/s1. The van der Waals surface area contributed by atoms with Gasteiger partial charge in [-0.1, -0.05) is 12.1 Å². The Morgan fingerprint density at radius 1 is 1.11 bits per heavy atom. The van der Waals surface area contributed by atoms with E-state index in [0.29, 0.717) is 39.0 Å². The van der Waals surface area contributed by atoms with Crippen LogP contribution in [0.3, 0.4) is 0 Å². The molecule has 5 rings (SSSR count). The molecule has 1 fully saturated rings. The molecule has 3 aromatic rings. The largest absolute Gasteiger partial charge is 0.497 e. The average Bonchev–Trinajstić information content (AvgIpc) is 2.92. The molecule has 1 N–H and O–H groups in total. The van der Waals surface area contributed by atoms with Gasteiger partial charge in [0.2, 0.25) is 5.91 Å². The van der Waals surface area contributed by atoms with Crippen molar-refractivity contribution in [3.63, 3.8) is 0 Å². The summed E-state index contributed by atoms with van der Waals surface area (Å²) < 4.78 is 18.7. The van der Waals surface area contributed by atoms with Crippen LogP contribution in [0.4, 0.5) is 21.5 Å². The maximum absolute atomic E-state index is 13.5. The molecule has 3 aromatic carbocycles. The number of carbonyl (C=O) groups is 1. The van der Waals surface area contributed by atoms with Gasteiger partial charge in [0, 0.05) is 49.7 Å². The van der Waals surface area contributed by atoms with E-state index in [1.165, 1.54) is 18.2 Å². The molecule has 0 aliphatic carbocycles. The Hall–Kier alpha value is -4.14. The van der Waals surface area contributed by atoms with E-state index in [4.69, 9.17) is 4.74 Å². The van der Waals surface area contributed by atoms with Crippen LogP contribution in [-0.4, -0.2) is 50.2 Å². The zero-order valence-corrected chi connectivity index (χ0v) is 20.6. The van der Waals surface area contributed by atoms with Crippen molar-refractivity contribution in [1.82, 2.24) is 5.32 Å². The number of hydrogen-bond acceptors (Lipinski definition) is 6. The lowest BCUT2D eigenvalue weighted by Gasteiger charge is -2.49. The van der Waals surface area contributed by atoms with Gasteiger partial charge in [0.1, 0.15) is 11.6 Å². The van der Waals surface area contributed by atoms with Crippen molar-refractivity contribution in [2.45, 2.75) is 18.9 Å². The highest BCUT2D eigenvalue weighted by atomic mass is 19.1. The van der Waals surface area contributed by atoms with Crippen molar-refractivity contribution in [3.05, 3.63) is 93.8 Å². The highest BCUT2D eigenvalue weighted by Gasteiger charge is 2.42. The smallest absolute Gasteiger partial charge is 0.269 e. The second-order valence-electron chi connectivity index (χ2n) is 9.45. The zero-order chi connectivity index (χ0) is 25.9. The number of nitrogens with one attached hydrogen (secondary N) is 1. The summed E-state index contributed by atoms with van der Waals surface area (Å²) in [5.74, 6) is 0.0470. The number of fused-ring (bicyclic) bond motifs is 3. The molecule has 1 amide bonds. The number of anilines is 2. The Balaban J connectivity index is 1.35. The Kier molecular flexibility index (Phi) is 6.94. The van der Waals surface area contributed by atoms with Gasteiger partial charge < -0.3 is 19.9 Å². The van der Waals surface area contributed by atoms with Crippen LogP contribution in [0.25, 0.3) is 0 Å². The maximum atomic E-state index is 13.5. The molecular weight excluding hydrogens is 475 g/mol. The van der Waals surface area contributed by atoms with E-state index in [1.54, 1.807) is 31.4 Å². The fourth-order valence-electron chi connectivity index (χ4n) is 5.36. The number of nitro benzene ring substituents is 1. The Bertz CT molecular complexity index is 1280. The molecule has 1 saturated heterocycles. The first-order chi connectivity index (χ1) is 17.9. The summed E-state index contributed by atoms with van der Waals surface area (Å²) in [5, 5.41) is 14.5. The number of ether oxygens (including phenoxy) is 1. The van der Waals surface area contributed by atoms with E-state index in [1.807, 2.05) is 24.3 Å². The van der Waals surface area contributed by atoms with Crippen LogP contribution >= 0.6 is 0 Å². The second kappa shape index (κ2) is 10.5. The van der Waals surface area contributed by atoms with Crippen LogP contribution in [0, 0.1) is 21.8 Å². The molecule has 2 atom stereocenters. The predicted octanol–water partition coefficient (Wildman–Crippen LogP) is 3.97. The van der Waals surface area contributed by atoms with Gasteiger partial charge in [0.15, 0.2) is 0 Å². The summed E-state index contributed by atoms with van der Waals surface area (Å²) in [4.78, 5) is 28.9. The molecule has 0 spiro atoms. The Morgan fingerprint density at radius 3 is 2.57 bits per heavy atom. The Labute approximate surface area is 214 Å². The average molecular weight is 505 g/mol. The molecule has 9 heteroatoms. The van der Waals surface area contributed by atoms with Crippen molar-refractivity contribution >= 4 is 23.0 Å². The summed E-state index contributed by atoms with van der Waals surface area (Å²) in [6, 6.07) is 18.9. The molecular formula is C28H29FN4O4. The number of nitrogens with zero attached hydrogens (tertiary/aromatic N) is 3. The lowest BCUT2D eigenvalue weighted by atomic mass is 9.83. The minimum absolute atomic E-state index is 0.0285. The van der Waals surface area contributed by atoms with Crippen LogP contribution in [0.2, 0.25) is 0 Å². The number of methoxy groups -OCH3 is 1. The molecule has 0 radical (unpaired) electrons.